The summed E-state index contributed by atoms with van der Waals surface area (Å²) >= 11 is 0. The van der Waals surface area contributed by atoms with E-state index < -0.39 is 22.9 Å². The van der Waals surface area contributed by atoms with E-state index in [1.807, 2.05) is 9.97 Å². The van der Waals surface area contributed by atoms with Crippen molar-refractivity contribution < 1.29 is 27.0 Å². The van der Waals surface area contributed by atoms with Gasteiger partial charge in [0.25, 0.3) is 5.56 Å². The van der Waals surface area contributed by atoms with E-state index in [4.69, 9.17) is 5.11 Å². The van der Waals surface area contributed by atoms with Crippen LogP contribution in [0.5, 0.6) is 0 Å². The van der Waals surface area contributed by atoms with Gasteiger partial charge in [-0.1, -0.05) is 0 Å². The minimum absolute atomic E-state index is 0. The van der Waals surface area contributed by atoms with Gasteiger partial charge in [-0.2, -0.15) is 0 Å². The average molecular weight is 212 g/mol. The van der Waals surface area contributed by atoms with Gasteiger partial charge in [-0.05, 0) is 0 Å². The molecule has 0 saturated carbocycles. The zero-order valence-electron chi connectivity index (χ0n) is 5.60. The largest absolute Gasteiger partial charge is 0.477 e. The van der Waals surface area contributed by atoms with E-state index in [-0.39, 0.29) is 17.1 Å². The second-order valence-corrected chi connectivity index (χ2v) is 1.81. The molecule has 0 saturated heterocycles. The molecule has 0 aromatic carbocycles. The number of H-pyrrole nitrogens is 2. The molecule has 1 aromatic heterocycles. The molecule has 6 nitrogen and oxygen atoms in total. The van der Waals surface area contributed by atoms with Gasteiger partial charge in [0.1, 0.15) is 5.69 Å². The number of aromatic carboxylic acids is 1. The first kappa shape index (κ1) is 10.7. The van der Waals surface area contributed by atoms with E-state index in [1.165, 1.54) is 0 Å². The van der Waals surface area contributed by atoms with E-state index in [0.29, 0.717) is 0 Å². The first-order valence-corrected chi connectivity index (χ1v) is 2.66. The Morgan fingerprint density at radius 3 is 2.33 bits per heavy atom. The smallest absolute Gasteiger partial charge is 0.352 e. The fourth-order valence-corrected chi connectivity index (χ4v) is 0.584. The van der Waals surface area contributed by atoms with Crippen molar-refractivity contribution in [2.45, 2.75) is 0 Å². The predicted molar refractivity (Wildman–Crippen MR) is 34.6 cm³/mol. The van der Waals surface area contributed by atoms with Gasteiger partial charge in [0.05, 0.1) is 0 Å². The standard InChI is InChI=1S/C5H4N2O4.Fe/c8-3-1-2(4(9)10)6-5(11)7-3;/h1H,(H,9,10)(H2,6,7,8,11);. The fraction of sp³-hybridized carbons (Fsp3) is 0. The van der Waals surface area contributed by atoms with Gasteiger partial charge in [-0.15, -0.1) is 0 Å². The second kappa shape index (κ2) is 3.89. The zero-order chi connectivity index (χ0) is 8.43. The molecule has 0 atom stereocenters. The van der Waals surface area contributed by atoms with E-state index in [1.54, 1.807) is 0 Å². The topological polar surface area (TPSA) is 103 Å². The Hall–Kier alpha value is -1.33. The number of carbonyl (C=O) groups is 1. The van der Waals surface area contributed by atoms with E-state index in [2.05, 4.69) is 0 Å². The van der Waals surface area contributed by atoms with Crippen LogP contribution in [-0.2, 0) is 17.1 Å². The summed E-state index contributed by atoms with van der Waals surface area (Å²) < 4.78 is 0. The summed E-state index contributed by atoms with van der Waals surface area (Å²) in [5, 5.41) is 8.31. The van der Waals surface area contributed by atoms with Crippen LogP contribution in [0, 0.1) is 0 Å². The van der Waals surface area contributed by atoms with E-state index in [9.17, 15) is 14.4 Å². The molecule has 0 bridgehead atoms. The van der Waals surface area contributed by atoms with Crippen LogP contribution in [0.1, 0.15) is 10.5 Å². The number of nitrogens with one attached hydrogen (secondary N) is 2. The van der Waals surface area contributed by atoms with E-state index >= 15 is 0 Å². The van der Waals surface area contributed by atoms with Gasteiger partial charge in [-0.3, -0.25) is 9.78 Å². The fourth-order valence-electron chi connectivity index (χ4n) is 0.584. The Labute approximate surface area is 76.1 Å². The Morgan fingerprint density at radius 2 is 1.92 bits per heavy atom. The van der Waals surface area contributed by atoms with Crippen molar-refractivity contribution in [1.82, 2.24) is 9.97 Å². The van der Waals surface area contributed by atoms with Gasteiger partial charge in [0.15, 0.2) is 0 Å². The van der Waals surface area contributed by atoms with Crippen LogP contribution in [0.4, 0.5) is 0 Å². The van der Waals surface area contributed by atoms with Gasteiger partial charge < -0.3 is 10.1 Å². The Kier molecular flexibility index (Phi) is 3.46. The summed E-state index contributed by atoms with van der Waals surface area (Å²) in [6.45, 7) is 0. The number of carboxylic acids is 1. The summed E-state index contributed by atoms with van der Waals surface area (Å²) in [6.07, 6.45) is 0. The summed E-state index contributed by atoms with van der Waals surface area (Å²) in [6, 6.07) is 0.795. The molecule has 1 heterocycles. The van der Waals surface area contributed by atoms with E-state index in [0.717, 1.165) is 6.07 Å². The molecule has 0 aliphatic heterocycles. The summed E-state index contributed by atoms with van der Waals surface area (Å²) in [7, 11) is 0. The molecule has 0 amide bonds. The number of carboxylic acid groups (broad SMARTS) is 1. The Bertz CT molecular complexity index is 365. The number of hydrogen-bond donors (Lipinski definition) is 3. The van der Waals surface area contributed by atoms with Crippen molar-refractivity contribution in [3.63, 3.8) is 0 Å². The third kappa shape index (κ3) is 2.37. The van der Waals surface area contributed by atoms with Gasteiger partial charge in [0, 0.05) is 23.1 Å². The molecule has 0 radical (unpaired) electrons. The number of aromatic amines is 2. The SMILES string of the molecule is O=C(O)c1cc(=O)[nH]c(=O)[nH]1.[Fe]. The van der Waals surface area contributed by atoms with Gasteiger partial charge in [0.2, 0.25) is 0 Å². The minimum Gasteiger partial charge on any atom is -0.477 e. The maximum Gasteiger partial charge on any atom is 0.352 e. The predicted octanol–water partition coefficient (Wildman–Crippen LogP) is -1.24. The second-order valence-electron chi connectivity index (χ2n) is 1.81. The van der Waals surface area contributed by atoms with Crippen molar-refractivity contribution in [2.24, 2.45) is 0 Å². The van der Waals surface area contributed by atoms with Crippen LogP contribution in [0.15, 0.2) is 15.7 Å². The Balaban J connectivity index is 0.00000121. The Morgan fingerprint density at radius 1 is 1.33 bits per heavy atom. The first-order valence-electron chi connectivity index (χ1n) is 2.66. The van der Waals surface area contributed by atoms with Gasteiger partial charge >= 0.3 is 11.7 Å². The zero-order valence-corrected chi connectivity index (χ0v) is 6.71. The normalized spacial score (nSPS) is 8.67. The third-order valence-electron chi connectivity index (χ3n) is 0.991. The average Bonchev–Trinajstić information content (AvgIpc) is 1.85. The van der Waals surface area contributed by atoms with Crippen LogP contribution >= 0.6 is 0 Å². The molecule has 0 aliphatic carbocycles. The van der Waals surface area contributed by atoms with Crippen LogP contribution in [0.3, 0.4) is 0 Å². The number of aromatic nitrogens is 2. The van der Waals surface area contributed by atoms with Crippen molar-refractivity contribution in [2.75, 3.05) is 0 Å². The molecule has 12 heavy (non-hydrogen) atoms. The molecule has 0 unspecified atom stereocenters. The number of rotatable bonds is 1. The summed E-state index contributed by atoms with van der Waals surface area (Å²) in [5.74, 6) is -1.34. The van der Waals surface area contributed by atoms with Crippen LogP contribution in [0.2, 0.25) is 0 Å². The minimum atomic E-state index is -1.34. The molecular formula is C5H4FeN2O4. The molecule has 0 aliphatic rings. The third-order valence-corrected chi connectivity index (χ3v) is 0.991. The quantitative estimate of drug-likeness (QED) is 0.506. The molecule has 3 N–H and O–H groups in total. The molecule has 1 rings (SSSR count). The van der Waals surface area contributed by atoms with Gasteiger partial charge in [-0.25, -0.2) is 9.59 Å². The maximum absolute atomic E-state index is 10.5. The maximum atomic E-state index is 10.5. The molecule has 7 heteroatoms. The van der Waals surface area contributed by atoms with Crippen molar-refractivity contribution in [1.29, 1.82) is 0 Å². The summed E-state index contributed by atoms with van der Waals surface area (Å²) in [4.78, 5) is 34.9. The molecule has 66 valence electrons. The molecular weight excluding hydrogens is 208 g/mol. The summed E-state index contributed by atoms with van der Waals surface area (Å²) in [5.41, 5.74) is -1.97. The van der Waals surface area contributed by atoms with Crippen molar-refractivity contribution in [3.05, 3.63) is 32.6 Å². The molecule has 1 aromatic rings. The van der Waals surface area contributed by atoms with Crippen molar-refractivity contribution >= 4 is 5.97 Å². The van der Waals surface area contributed by atoms with Crippen LogP contribution < -0.4 is 11.2 Å². The van der Waals surface area contributed by atoms with Crippen molar-refractivity contribution in [3.8, 4) is 0 Å². The van der Waals surface area contributed by atoms with Crippen LogP contribution in [0.25, 0.3) is 0 Å². The molecule has 0 spiro atoms. The monoisotopic (exact) mass is 212 g/mol. The number of hydrogen-bond acceptors (Lipinski definition) is 3. The first-order chi connectivity index (χ1) is 5.09. The molecule has 0 fully saturated rings. The van der Waals surface area contributed by atoms with Crippen LogP contribution in [-0.4, -0.2) is 21.0 Å².